The molecular formula is C31H39N7O. The summed E-state index contributed by atoms with van der Waals surface area (Å²) in [6, 6.07) is 19.0. The van der Waals surface area contributed by atoms with Crippen molar-refractivity contribution in [1.29, 1.82) is 0 Å². The van der Waals surface area contributed by atoms with Crippen LogP contribution in [0.1, 0.15) is 49.1 Å². The Hall–Kier alpha value is -4.07. The topological polar surface area (TPSA) is 70.8 Å². The number of hydrogen-bond donors (Lipinski definition) is 1. The first kappa shape index (κ1) is 26.5. The molecule has 204 valence electrons. The first-order valence-corrected chi connectivity index (χ1v) is 13.8. The Bertz CT molecular complexity index is 1380. The fourth-order valence-corrected chi connectivity index (χ4v) is 5.17. The molecule has 0 amide bonds. The number of aromatic nitrogens is 3. The Balaban J connectivity index is 1.24. The van der Waals surface area contributed by atoms with Crippen LogP contribution >= 0.6 is 0 Å². The summed E-state index contributed by atoms with van der Waals surface area (Å²) in [7, 11) is 7.76. The van der Waals surface area contributed by atoms with Gasteiger partial charge >= 0.3 is 0 Å². The predicted molar refractivity (Wildman–Crippen MR) is 162 cm³/mol. The van der Waals surface area contributed by atoms with Gasteiger partial charge in [-0.05, 0) is 42.5 Å². The molecule has 1 saturated carbocycles. The number of hydrogen-bond acceptors (Lipinski definition) is 7. The minimum Gasteiger partial charge on any atom is -0.492 e. The molecule has 1 aliphatic carbocycles. The minimum absolute atomic E-state index is 0.595. The summed E-state index contributed by atoms with van der Waals surface area (Å²) < 4.78 is 8.35. The lowest BCUT2D eigenvalue weighted by molar-refractivity contribution is 0.300. The third-order valence-corrected chi connectivity index (χ3v) is 7.32. The van der Waals surface area contributed by atoms with Gasteiger partial charge in [0.1, 0.15) is 18.2 Å². The van der Waals surface area contributed by atoms with Crippen LogP contribution in [-0.4, -0.2) is 55.5 Å². The third-order valence-electron chi connectivity index (χ3n) is 7.32. The molecule has 2 heterocycles. The standard InChI is InChI=1S/C31H39N7O/c1-36(2)30-20-29(33-31(34-30)37(3)4)35-32-21-25-22-38(28-13-9-8-12-27(25)28)18-19-39-26-16-14-24(15-17-26)23-10-6-5-7-11-23/h8-9,12-17,20-23H,5-7,10-11,18-19H2,1-4H3,(H,33,34,35)/b32-21-. The van der Waals surface area contributed by atoms with Crippen LogP contribution in [0.25, 0.3) is 10.9 Å². The molecule has 0 saturated heterocycles. The first-order valence-electron chi connectivity index (χ1n) is 13.8. The van der Waals surface area contributed by atoms with E-state index in [1.165, 1.54) is 37.7 Å². The van der Waals surface area contributed by atoms with Crippen molar-refractivity contribution in [1.82, 2.24) is 14.5 Å². The maximum Gasteiger partial charge on any atom is 0.228 e. The van der Waals surface area contributed by atoms with Crippen molar-refractivity contribution < 1.29 is 4.74 Å². The van der Waals surface area contributed by atoms with Crippen molar-refractivity contribution in [2.75, 3.05) is 50.0 Å². The van der Waals surface area contributed by atoms with E-state index in [0.29, 0.717) is 24.3 Å². The van der Waals surface area contributed by atoms with Crippen LogP contribution in [0.4, 0.5) is 17.6 Å². The van der Waals surface area contributed by atoms with Crippen molar-refractivity contribution in [3.8, 4) is 5.75 Å². The predicted octanol–water partition coefficient (Wildman–Crippen LogP) is 6.14. The number of para-hydroxylation sites is 1. The summed E-state index contributed by atoms with van der Waals surface area (Å²) in [5, 5.41) is 5.65. The van der Waals surface area contributed by atoms with E-state index in [1.54, 1.807) is 0 Å². The second kappa shape index (κ2) is 12.2. The number of nitrogens with one attached hydrogen (secondary N) is 1. The molecule has 0 bridgehead atoms. The smallest absolute Gasteiger partial charge is 0.228 e. The van der Waals surface area contributed by atoms with Crippen LogP contribution in [0.3, 0.4) is 0 Å². The normalized spacial score (nSPS) is 14.2. The Morgan fingerprint density at radius 2 is 1.74 bits per heavy atom. The summed E-state index contributed by atoms with van der Waals surface area (Å²) in [5.74, 6) is 3.72. The highest BCUT2D eigenvalue weighted by Crippen LogP contribution is 2.33. The van der Waals surface area contributed by atoms with Gasteiger partial charge in [-0.1, -0.05) is 49.6 Å². The second-order valence-corrected chi connectivity index (χ2v) is 10.6. The van der Waals surface area contributed by atoms with Gasteiger partial charge in [-0.3, -0.25) is 5.43 Å². The van der Waals surface area contributed by atoms with E-state index in [-0.39, 0.29) is 0 Å². The highest BCUT2D eigenvalue weighted by atomic mass is 16.5. The third kappa shape index (κ3) is 6.50. The first-order chi connectivity index (χ1) is 19.0. The highest BCUT2D eigenvalue weighted by molar-refractivity contribution is 5.99. The van der Waals surface area contributed by atoms with Gasteiger partial charge in [0.05, 0.1) is 12.8 Å². The molecule has 1 fully saturated rings. The van der Waals surface area contributed by atoms with Crippen LogP contribution < -0.4 is 20.0 Å². The highest BCUT2D eigenvalue weighted by Gasteiger charge is 2.15. The molecular weight excluding hydrogens is 486 g/mol. The monoisotopic (exact) mass is 525 g/mol. The van der Waals surface area contributed by atoms with E-state index in [2.05, 4.69) is 79.8 Å². The fourth-order valence-electron chi connectivity index (χ4n) is 5.17. The SMILES string of the molecule is CN(C)c1cc(N/N=C\c2cn(CCOc3ccc(C4CCCCC4)cc3)c3ccccc23)nc(N(C)C)n1. The molecule has 1 aliphatic rings. The fraction of sp³-hybridized carbons (Fsp3) is 0.387. The van der Waals surface area contributed by atoms with Gasteiger partial charge in [0, 0.05) is 56.9 Å². The molecule has 2 aromatic heterocycles. The number of benzene rings is 2. The Labute approximate surface area is 231 Å². The Morgan fingerprint density at radius 1 is 0.974 bits per heavy atom. The molecule has 0 spiro atoms. The zero-order valence-corrected chi connectivity index (χ0v) is 23.5. The number of nitrogens with zero attached hydrogens (tertiary/aromatic N) is 6. The van der Waals surface area contributed by atoms with Crippen LogP contribution in [-0.2, 0) is 6.54 Å². The molecule has 4 aromatic rings. The summed E-state index contributed by atoms with van der Waals surface area (Å²) >= 11 is 0. The van der Waals surface area contributed by atoms with Gasteiger partial charge in [-0.15, -0.1) is 0 Å². The van der Waals surface area contributed by atoms with Crippen LogP contribution in [0.5, 0.6) is 5.75 Å². The summed E-state index contributed by atoms with van der Waals surface area (Å²) in [6.45, 7) is 1.34. The minimum atomic E-state index is 0.595. The number of rotatable bonds is 10. The molecule has 0 unspecified atom stereocenters. The van der Waals surface area contributed by atoms with Crippen molar-refractivity contribution >= 4 is 34.7 Å². The lowest BCUT2D eigenvalue weighted by Crippen LogP contribution is -2.17. The molecule has 8 nitrogen and oxygen atoms in total. The zero-order valence-electron chi connectivity index (χ0n) is 23.5. The van der Waals surface area contributed by atoms with Gasteiger partial charge < -0.3 is 19.1 Å². The van der Waals surface area contributed by atoms with Crippen LogP contribution in [0.15, 0.2) is 65.9 Å². The van der Waals surface area contributed by atoms with Crippen LogP contribution in [0.2, 0.25) is 0 Å². The van der Waals surface area contributed by atoms with Crippen molar-refractivity contribution in [2.24, 2.45) is 5.10 Å². The maximum atomic E-state index is 6.12. The largest absolute Gasteiger partial charge is 0.492 e. The molecule has 0 aliphatic heterocycles. The molecule has 0 radical (unpaired) electrons. The van der Waals surface area contributed by atoms with E-state index in [1.807, 2.05) is 50.3 Å². The number of fused-ring (bicyclic) bond motifs is 1. The summed E-state index contributed by atoms with van der Waals surface area (Å²) in [4.78, 5) is 12.9. The van der Waals surface area contributed by atoms with Gasteiger partial charge in [-0.25, -0.2) is 0 Å². The molecule has 39 heavy (non-hydrogen) atoms. The Morgan fingerprint density at radius 3 is 2.49 bits per heavy atom. The molecule has 8 heteroatoms. The number of anilines is 3. The van der Waals surface area contributed by atoms with E-state index >= 15 is 0 Å². The van der Waals surface area contributed by atoms with Gasteiger partial charge in [0.25, 0.3) is 0 Å². The lowest BCUT2D eigenvalue weighted by atomic mass is 9.84. The average Bonchev–Trinajstić information content (AvgIpc) is 3.31. The van der Waals surface area contributed by atoms with Gasteiger partial charge in [0.2, 0.25) is 5.95 Å². The number of ether oxygens (including phenoxy) is 1. The molecule has 1 N–H and O–H groups in total. The quantitative estimate of drug-likeness (QED) is 0.198. The van der Waals surface area contributed by atoms with Gasteiger partial charge in [-0.2, -0.15) is 15.1 Å². The number of hydrazone groups is 1. The summed E-state index contributed by atoms with van der Waals surface area (Å²) in [5.41, 5.74) is 6.72. The van der Waals surface area contributed by atoms with Crippen molar-refractivity contribution in [3.05, 3.63) is 71.9 Å². The Kier molecular flexibility index (Phi) is 8.30. The second-order valence-electron chi connectivity index (χ2n) is 10.6. The van der Waals surface area contributed by atoms with E-state index in [9.17, 15) is 0 Å². The average molecular weight is 526 g/mol. The van der Waals surface area contributed by atoms with E-state index < -0.39 is 0 Å². The molecule has 2 aromatic carbocycles. The van der Waals surface area contributed by atoms with E-state index in [0.717, 1.165) is 34.6 Å². The lowest BCUT2D eigenvalue weighted by Gasteiger charge is -2.22. The maximum absolute atomic E-state index is 6.12. The van der Waals surface area contributed by atoms with Crippen LogP contribution in [0, 0.1) is 0 Å². The van der Waals surface area contributed by atoms with Gasteiger partial charge in [0.15, 0.2) is 5.82 Å². The molecule has 0 atom stereocenters. The zero-order chi connectivity index (χ0) is 27.2. The summed E-state index contributed by atoms with van der Waals surface area (Å²) in [6.07, 6.45) is 10.7. The van der Waals surface area contributed by atoms with Crippen molar-refractivity contribution in [2.45, 2.75) is 44.6 Å². The molecule has 5 rings (SSSR count). The van der Waals surface area contributed by atoms with Crippen molar-refractivity contribution in [3.63, 3.8) is 0 Å². The van der Waals surface area contributed by atoms with E-state index in [4.69, 9.17) is 4.74 Å².